The Morgan fingerprint density at radius 3 is 2.23 bits per heavy atom. The number of pyridine rings is 1. The molecule has 1 aromatic heterocycles. The molecule has 0 radical (unpaired) electrons. The van der Waals surface area contributed by atoms with E-state index in [9.17, 15) is 18.0 Å². The van der Waals surface area contributed by atoms with Gasteiger partial charge in [0.05, 0.1) is 12.1 Å². The number of carbonyl (C=O) groups is 1. The summed E-state index contributed by atoms with van der Waals surface area (Å²) in [6.45, 7) is 7.13. The van der Waals surface area contributed by atoms with Gasteiger partial charge in [-0.1, -0.05) is 12.1 Å². The van der Waals surface area contributed by atoms with Gasteiger partial charge in [-0.2, -0.15) is 13.2 Å². The minimum Gasteiger partial charge on any atom is -0.443 e. The van der Waals surface area contributed by atoms with Crippen LogP contribution in [-0.4, -0.2) is 16.7 Å². The number of benzene rings is 1. The van der Waals surface area contributed by atoms with Crippen molar-refractivity contribution >= 4 is 11.9 Å². The van der Waals surface area contributed by atoms with Crippen molar-refractivity contribution in [1.82, 2.24) is 4.98 Å². The van der Waals surface area contributed by atoms with Crippen molar-refractivity contribution in [3.05, 3.63) is 59.3 Å². The van der Waals surface area contributed by atoms with Gasteiger partial charge >= 0.3 is 12.3 Å². The molecule has 1 amide bonds. The third kappa shape index (κ3) is 5.47. The lowest BCUT2D eigenvalue weighted by Gasteiger charge is -2.27. The number of carbonyl (C=O) groups excluding carboxylic acids is 1. The van der Waals surface area contributed by atoms with Crippen LogP contribution in [-0.2, 0) is 17.5 Å². The van der Waals surface area contributed by atoms with E-state index in [0.29, 0.717) is 11.4 Å². The number of amides is 1. The lowest BCUT2D eigenvalue weighted by atomic mass is 10.1. The van der Waals surface area contributed by atoms with Crippen molar-refractivity contribution in [1.29, 1.82) is 0 Å². The third-order valence-electron chi connectivity index (χ3n) is 3.41. The Labute approximate surface area is 150 Å². The summed E-state index contributed by atoms with van der Waals surface area (Å²) in [5, 5.41) is 0. The number of ether oxygens (including phenoxy) is 1. The lowest BCUT2D eigenvalue weighted by Crippen LogP contribution is -2.37. The summed E-state index contributed by atoms with van der Waals surface area (Å²) in [6, 6.07) is 8.17. The van der Waals surface area contributed by atoms with E-state index in [1.165, 1.54) is 17.0 Å². The van der Waals surface area contributed by atoms with Gasteiger partial charge in [0.2, 0.25) is 0 Å². The number of hydrogen-bond donors (Lipinski definition) is 0. The van der Waals surface area contributed by atoms with Crippen molar-refractivity contribution in [2.45, 2.75) is 46.0 Å². The maximum Gasteiger partial charge on any atom is 0.416 e. The number of hydrogen-bond acceptors (Lipinski definition) is 3. The second kappa shape index (κ2) is 7.35. The average molecular weight is 366 g/mol. The van der Waals surface area contributed by atoms with E-state index in [4.69, 9.17) is 4.74 Å². The largest absolute Gasteiger partial charge is 0.443 e. The highest BCUT2D eigenvalue weighted by Crippen LogP contribution is 2.29. The first-order chi connectivity index (χ1) is 12.0. The van der Waals surface area contributed by atoms with Crippen molar-refractivity contribution in [3.63, 3.8) is 0 Å². The van der Waals surface area contributed by atoms with Gasteiger partial charge in [0.15, 0.2) is 0 Å². The predicted molar refractivity (Wildman–Crippen MR) is 92.8 cm³/mol. The minimum absolute atomic E-state index is 0.0451. The molecule has 0 aliphatic rings. The van der Waals surface area contributed by atoms with Crippen LogP contribution in [0.1, 0.15) is 37.5 Å². The summed E-state index contributed by atoms with van der Waals surface area (Å²) in [6.07, 6.45) is -3.45. The number of aromatic nitrogens is 1. The molecule has 0 saturated carbocycles. The highest BCUT2D eigenvalue weighted by Gasteiger charge is 2.30. The van der Waals surface area contributed by atoms with Gasteiger partial charge in [0.25, 0.3) is 0 Å². The second-order valence-corrected chi connectivity index (χ2v) is 6.95. The molecule has 0 aliphatic heterocycles. The van der Waals surface area contributed by atoms with Crippen LogP contribution < -0.4 is 4.90 Å². The normalized spacial score (nSPS) is 12.0. The third-order valence-corrected chi connectivity index (χ3v) is 3.41. The van der Waals surface area contributed by atoms with Crippen molar-refractivity contribution in [2.75, 3.05) is 4.90 Å². The van der Waals surface area contributed by atoms with Gasteiger partial charge in [0.1, 0.15) is 11.4 Å². The van der Waals surface area contributed by atoms with Gasteiger partial charge in [-0.15, -0.1) is 0 Å². The zero-order chi connectivity index (χ0) is 19.5. The number of nitrogens with zero attached hydrogens (tertiary/aromatic N) is 2. The first-order valence-corrected chi connectivity index (χ1v) is 8.05. The first-order valence-electron chi connectivity index (χ1n) is 8.05. The van der Waals surface area contributed by atoms with E-state index in [2.05, 4.69) is 4.98 Å². The Morgan fingerprint density at radius 2 is 1.73 bits per heavy atom. The molecule has 0 atom stereocenters. The molecule has 0 aliphatic carbocycles. The quantitative estimate of drug-likeness (QED) is 0.735. The molecule has 4 nitrogen and oxygen atoms in total. The molecule has 0 spiro atoms. The van der Waals surface area contributed by atoms with Crippen LogP contribution >= 0.6 is 0 Å². The Kier molecular flexibility index (Phi) is 5.59. The molecule has 0 saturated heterocycles. The molecule has 0 bridgehead atoms. The van der Waals surface area contributed by atoms with E-state index in [1.54, 1.807) is 39.1 Å². The second-order valence-electron chi connectivity index (χ2n) is 6.95. The Bertz CT molecular complexity index is 766. The summed E-state index contributed by atoms with van der Waals surface area (Å²) in [4.78, 5) is 18.1. The molecule has 0 N–H and O–H groups in total. The van der Waals surface area contributed by atoms with Gasteiger partial charge < -0.3 is 4.74 Å². The van der Waals surface area contributed by atoms with Crippen molar-refractivity contribution < 1.29 is 22.7 Å². The van der Waals surface area contributed by atoms with Crippen LogP contribution in [0.15, 0.2) is 42.6 Å². The molecule has 2 aromatic rings. The van der Waals surface area contributed by atoms with Crippen molar-refractivity contribution in [2.24, 2.45) is 0 Å². The van der Waals surface area contributed by atoms with Crippen LogP contribution in [0.3, 0.4) is 0 Å². The SMILES string of the molecule is Cc1ccnc(N(Cc2ccc(C(F)(F)F)cc2)C(=O)OC(C)(C)C)c1. The smallest absolute Gasteiger partial charge is 0.416 e. The molecule has 7 heteroatoms. The fourth-order valence-electron chi connectivity index (χ4n) is 2.21. The highest BCUT2D eigenvalue weighted by molar-refractivity contribution is 5.86. The summed E-state index contributed by atoms with van der Waals surface area (Å²) in [7, 11) is 0. The van der Waals surface area contributed by atoms with Crippen LogP contribution in [0.5, 0.6) is 0 Å². The highest BCUT2D eigenvalue weighted by atomic mass is 19.4. The van der Waals surface area contributed by atoms with E-state index < -0.39 is 23.4 Å². The monoisotopic (exact) mass is 366 g/mol. The molecule has 0 fully saturated rings. The Morgan fingerprint density at radius 1 is 1.12 bits per heavy atom. The molecular formula is C19H21F3N2O2. The number of aryl methyl sites for hydroxylation is 1. The van der Waals surface area contributed by atoms with Gasteiger partial charge in [-0.3, -0.25) is 4.90 Å². The molecule has 2 rings (SSSR count). The van der Waals surface area contributed by atoms with Crippen molar-refractivity contribution in [3.8, 4) is 0 Å². The van der Waals surface area contributed by atoms with Crippen LogP contribution in [0.2, 0.25) is 0 Å². The zero-order valence-corrected chi connectivity index (χ0v) is 15.1. The number of anilines is 1. The summed E-state index contributed by atoms with van der Waals surface area (Å²) in [5.74, 6) is 0.374. The minimum atomic E-state index is -4.40. The van der Waals surface area contributed by atoms with Crippen LogP contribution in [0, 0.1) is 6.92 Å². The maximum absolute atomic E-state index is 12.7. The number of alkyl halides is 3. The summed E-state index contributed by atoms with van der Waals surface area (Å²) < 4.78 is 43.5. The predicted octanol–water partition coefficient (Wildman–Crippen LogP) is 5.35. The van der Waals surface area contributed by atoms with E-state index in [0.717, 1.165) is 17.7 Å². The topological polar surface area (TPSA) is 42.4 Å². The lowest BCUT2D eigenvalue weighted by molar-refractivity contribution is -0.137. The summed E-state index contributed by atoms with van der Waals surface area (Å²) in [5.41, 5.74) is -0.0128. The summed E-state index contributed by atoms with van der Waals surface area (Å²) >= 11 is 0. The standard InChI is InChI=1S/C19H21F3N2O2/c1-13-9-10-23-16(11-13)24(17(25)26-18(2,3)4)12-14-5-7-15(8-6-14)19(20,21)22/h5-11H,12H2,1-4H3. The molecular weight excluding hydrogens is 345 g/mol. The first kappa shape index (κ1) is 19.8. The van der Waals surface area contributed by atoms with Crippen LogP contribution in [0.25, 0.3) is 0 Å². The molecule has 1 aromatic carbocycles. The van der Waals surface area contributed by atoms with E-state index in [1.807, 2.05) is 6.92 Å². The fourth-order valence-corrected chi connectivity index (χ4v) is 2.21. The van der Waals surface area contributed by atoms with Gasteiger partial charge in [-0.05, 0) is 63.1 Å². The Hall–Kier alpha value is -2.57. The van der Waals surface area contributed by atoms with E-state index in [-0.39, 0.29) is 6.54 Å². The van der Waals surface area contributed by atoms with Gasteiger partial charge in [0, 0.05) is 6.20 Å². The fraction of sp³-hybridized carbons (Fsp3) is 0.368. The maximum atomic E-state index is 12.7. The molecule has 140 valence electrons. The molecule has 1 heterocycles. The van der Waals surface area contributed by atoms with E-state index >= 15 is 0 Å². The number of rotatable bonds is 3. The number of halogens is 3. The van der Waals surface area contributed by atoms with Crippen LogP contribution in [0.4, 0.5) is 23.8 Å². The zero-order valence-electron chi connectivity index (χ0n) is 15.1. The Balaban J connectivity index is 2.31. The van der Waals surface area contributed by atoms with Gasteiger partial charge in [-0.25, -0.2) is 9.78 Å². The molecule has 26 heavy (non-hydrogen) atoms. The molecule has 0 unspecified atom stereocenters. The average Bonchev–Trinajstić information content (AvgIpc) is 2.50.